The Balaban J connectivity index is 1.49. The zero-order valence-electron chi connectivity index (χ0n) is 17.3. The second-order valence-electron chi connectivity index (χ2n) is 7.19. The summed E-state index contributed by atoms with van der Waals surface area (Å²) in [4.78, 5) is 24.5. The first-order valence-corrected chi connectivity index (χ1v) is 9.86. The number of esters is 1. The summed E-state index contributed by atoms with van der Waals surface area (Å²) in [6.45, 7) is 1.83. The Kier molecular flexibility index (Phi) is 5.84. The van der Waals surface area contributed by atoms with E-state index in [1.807, 2.05) is 37.3 Å². The van der Waals surface area contributed by atoms with E-state index in [0.717, 1.165) is 16.8 Å². The molecule has 0 saturated heterocycles. The fraction of sp³-hybridized carbons (Fsp3) is 0.208. The quantitative estimate of drug-likeness (QED) is 0.562. The lowest BCUT2D eigenvalue weighted by Gasteiger charge is -2.20. The van der Waals surface area contributed by atoms with Crippen molar-refractivity contribution in [1.82, 2.24) is 5.01 Å². The second kappa shape index (κ2) is 8.87. The van der Waals surface area contributed by atoms with Gasteiger partial charge in [-0.3, -0.25) is 4.79 Å². The second-order valence-corrected chi connectivity index (χ2v) is 7.19. The van der Waals surface area contributed by atoms with Crippen LogP contribution in [0.3, 0.4) is 0 Å². The van der Waals surface area contributed by atoms with Crippen LogP contribution in [-0.4, -0.2) is 36.3 Å². The van der Waals surface area contributed by atoms with Crippen molar-refractivity contribution in [2.45, 2.75) is 19.4 Å². The van der Waals surface area contributed by atoms with E-state index in [9.17, 15) is 9.59 Å². The number of benzene rings is 2. The molecule has 0 bridgehead atoms. The molecule has 7 heteroatoms. The van der Waals surface area contributed by atoms with Gasteiger partial charge < -0.3 is 13.9 Å². The van der Waals surface area contributed by atoms with Gasteiger partial charge in [0, 0.05) is 6.42 Å². The number of ether oxygens (including phenoxy) is 2. The molecule has 1 atom stereocenters. The smallest absolute Gasteiger partial charge is 0.337 e. The summed E-state index contributed by atoms with van der Waals surface area (Å²) in [5.74, 6) is 0.415. The van der Waals surface area contributed by atoms with Gasteiger partial charge in [-0.05, 0) is 48.9 Å². The van der Waals surface area contributed by atoms with Gasteiger partial charge in [0.05, 0.1) is 24.6 Å². The standard InChI is InChI=1S/C24H22N2O5/c1-16-5-7-17(8-6-16)20-14-21(22-4-3-13-30-22)26(25-20)23(27)15-31-19-11-9-18(10-12-19)24(28)29-2/h3-13,21H,14-15H2,1-2H3/t21-/m0/s1. The molecule has 1 aromatic heterocycles. The van der Waals surface area contributed by atoms with E-state index in [1.165, 1.54) is 12.1 Å². The highest BCUT2D eigenvalue weighted by Gasteiger charge is 2.35. The average molecular weight is 418 g/mol. The molecule has 7 nitrogen and oxygen atoms in total. The summed E-state index contributed by atoms with van der Waals surface area (Å²) in [6.07, 6.45) is 2.14. The lowest BCUT2D eigenvalue weighted by molar-refractivity contribution is -0.135. The minimum atomic E-state index is -0.432. The Morgan fingerprint density at radius 3 is 2.48 bits per heavy atom. The highest BCUT2D eigenvalue weighted by Crippen LogP contribution is 2.33. The van der Waals surface area contributed by atoms with Gasteiger partial charge in [0.25, 0.3) is 5.91 Å². The summed E-state index contributed by atoms with van der Waals surface area (Å²) in [7, 11) is 1.32. The fourth-order valence-corrected chi connectivity index (χ4v) is 3.38. The molecule has 0 unspecified atom stereocenters. The zero-order valence-corrected chi connectivity index (χ0v) is 17.3. The van der Waals surface area contributed by atoms with Crippen LogP contribution in [0.15, 0.2) is 76.4 Å². The maximum atomic E-state index is 13.0. The molecule has 4 rings (SSSR count). The monoisotopic (exact) mass is 418 g/mol. The van der Waals surface area contributed by atoms with Crippen LogP contribution >= 0.6 is 0 Å². The maximum absolute atomic E-state index is 13.0. The van der Waals surface area contributed by atoms with E-state index >= 15 is 0 Å². The largest absolute Gasteiger partial charge is 0.484 e. The summed E-state index contributed by atoms with van der Waals surface area (Å²) < 4.78 is 15.9. The van der Waals surface area contributed by atoms with Crippen molar-refractivity contribution in [2.75, 3.05) is 13.7 Å². The number of aryl methyl sites for hydroxylation is 1. The van der Waals surface area contributed by atoms with Crippen molar-refractivity contribution in [3.8, 4) is 5.75 Å². The van der Waals surface area contributed by atoms with Gasteiger partial charge in [-0.15, -0.1) is 0 Å². The lowest BCUT2D eigenvalue weighted by Crippen LogP contribution is -2.31. The average Bonchev–Trinajstić information content (AvgIpc) is 3.48. The molecule has 2 aromatic carbocycles. The zero-order chi connectivity index (χ0) is 21.8. The minimum Gasteiger partial charge on any atom is -0.484 e. The molecule has 0 aliphatic carbocycles. The van der Waals surface area contributed by atoms with E-state index in [0.29, 0.717) is 23.5 Å². The van der Waals surface area contributed by atoms with Gasteiger partial charge in [0.2, 0.25) is 0 Å². The molecule has 0 radical (unpaired) electrons. The third-order valence-electron chi connectivity index (χ3n) is 5.06. The van der Waals surface area contributed by atoms with Crippen molar-refractivity contribution in [3.63, 3.8) is 0 Å². The van der Waals surface area contributed by atoms with Crippen LogP contribution in [0.25, 0.3) is 0 Å². The minimum absolute atomic E-state index is 0.195. The SMILES string of the molecule is COC(=O)c1ccc(OCC(=O)N2N=C(c3ccc(C)cc3)C[C@H]2c2ccco2)cc1. The first kappa shape index (κ1) is 20.4. The van der Waals surface area contributed by atoms with Gasteiger partial charge in [0.15, 0.2) is 6.61 Å². The Labute approximate surface area is 179 Å². The molecule has 0 saturated carbocycles. The molecule has 0 spiro atoms. The first-order valence-electron chi connectivity index (χ1n) is 9.86. The number of amides is 1. The molecule has 3 aromatic rings. The van der Waals surface area contributed by atoms with Crippen LogP contribution in [-0.2, 0) is 9.53 Å². The molecular weight excluding hydrogens is 396 g/mol. The Hall–Kier alpha value is -3.87. The predicted molar refractivity (Wildman–Crippen MR) is 114 cm³/mol. The highest BCUT2D eigenvalue weighted by atomic mass is 16.5. The highest BCUT2D eigenvalue weighted by molar-refractivity contribution is 6.03. The van der Waals surface area contributed by atoms with E-state index in [2.05, 4.69) is 9.84 Å². The summed E-state index contributed by atoms with van der Waals surface area (Å²) in [5, 5.41) is 6.01. The Morgan fingerprint density at radius 1 is 1.10 bits per heavy atom. The first-order chi connectivity index (χ1) is 15.0. The number of methoxy groups -OCH3 is 1. The van der Waals surface area contributed by atoms with E-state index in [1.54, 1.807) is 36.6 Å². The number of carbonyl (C=O) groups is 2. The van der Waals surface area contributed by atoms with E-state index in [4.69, 9.17) is 9.15 Å². The summed E-state index contributed by atoms with van der Waals surface area (Å²) in [5.41, 5.74) is 3.35. The van der Waals surface area contributed by atoms with Crippen LogP contribution in [0, 0.1) is 6.92 Å². The maximum Gasteiger partial charge on any atom is 0.337 e. The van der Waals surface area contributed by atoms with Crippen LogP contribution in [0.2, 0.25) is 0 Å². The van der Waals surface area contributed by atoms with Crippen molar-refractivity contribution < 1.29 is 23.5 Å². The number of rotatable bonds is 6. The van der Waals surface area contributed by atoms with Crippen molar-refractivity contribution in [3.05, 3.63) is 89.4 Å². The van der Waals surface area contributed by atoms with Gasteiger partial charge >= 0.3 is 5.97 Å². The van der Waals surface area contributed by atoms with E-state index in [-0.39, 0.29) is 18.6 Å². The molecule has 0 fully saturated rings. The normalized spacial score (nSPS) is 15.5. The number of hydrazone groups is 1. The number of furan rings is 1. The summed E-state index contributed by atoms with van der Waals surface area (Å²) in [6, 6.07) is 17.7. The van der Waals surface area contributed by atoms with Crippen LogP contribution < -0.4 is 4.74 Å². The molecule has 31 heavy (non-hydrogen) atoms. The topological polar surface area (TPSA) is 81.3 Å². The number of hydrogen-bond acceptors (Lipinski definition) is 6. The third-order valence-corrected chi connectivity index (χ3v) is 5.06. The lowest BCUT2D eigenvalue weighted by atomic mass is 10.0. The van der Waals surface area contributed by atoms with Gasteiger partial charge in [-0.1, -0.05) is 29.8 Å². The Bertz CT molecular complexity index is 1090. The fourth-order valence-electron chi connectivity index (χ4n) is 3.38. The summed E-state index contributed by atoms with van der Waals surface area (Å²) >= 11 is 0. The van der Waals surface area contributed by atoms with Gasteiger partial charge in [0.1, 0.15) is 17.6 Å². The van der Waals surface area contributed by atoms with Crippen LogP contribution in [0.5, 0.6) is 5.75 Å². The van der Waals surface area contributed by atoms with E-state index < -0.39 is 5.97 Å². The molecule has 2 heterocycles. The molecule has 0 N–H and O–H groups in total. The van der Waals surface area contributed by atoms with Crippen LogP contribution in [0.4, 0.5) is 0 Å². The number of hydrogen-bond donors (Lipinski definition) is 0. The third kappa shape index (κ3) is 4.50. The molecule has 1 aliphatic rings. The molecular formula is C24H22N2O5. The van der Waals surface area contributed by atoms with Crippen molar-refractivity contribution in [1.29, 1.82) is 0 Å². The molecule has 1 aliphatic heterocycles. The molecule has 158 valence electrons. The van der Waals surface area contributed by atoms with Crippen molar-refractivity contribution in [2.24, 2.45) is 5.10 Å². The Morgan fingerprint density at radius 2 is 1.84 bits per heavy atom. The molecule has 1 amide bonds. The van der Waals surface area contributed by atoms with Gasteiger partial charge in [-0.2, -0.15) is 5.10 Å². The van der Waals surface area contributed by atoms with Crippen molar-refractivity contribution >= 4 is 17.6 Å². The number of nitrogens with zero attached hydrogens (tertiary/aromatic N) is 2. The van der Waals surface area contributed by atoms with Crippen LogP contribution in [0.1, 0.15) is 39.7 Å². The van der Waals surface area contributed by atoms with Gasteiger partial charge in [-0.25, -0.2) is 9.80 Å². The predicted octanol–water partition coefficient (Wildman–Crippen LogP) is 4.13. The number of carbonyl (C=O) groups excluding carboxylic acids is 2.